The zero-order chi connectivity index (χ0) is 29.9. The third kappa shape index (κ3) is 4.76. The normalized spacial score (nSPS) is 18.4. The van der Waals surface area contributed by atoms with Gasteiger partial charge in [-0.25, -0.2) is 13.8 Å². The fraction of sp³-hybridized carbons (Fsp3) is 0.333. The summed E-state index contributed by atoms with van der Waals surface area (Å²) in [6.45, 7) is 7.28. The maximum absolute atomic E-state index is 15.2. The van der Waals surface area contributed by atoms with Gasteiger partial charge in [-0.15, -0.1) is 0 Å². The molecule has 0 spiro atoms. The highest BCUT2D eigenvalue weighted by Crippen LogP contribution is 2.48. The van der Waals surface area contributed by atoms with E-state index < -0.39 is 23.0 Å². The average molecular weight is 571 g/mol. The largest absolute Gasteiger partial charge is 0.489 e. The molecule has 1 aliphatic carbocycles. The van der Waals surface area contributed by atoms with Gasteiger partial charge in [0.25, 0.3) is 5.91 Å². The molecule has 0 radical (unpaired) electrons. The molecule has 1 fully saturated rings. The van der Waals surface area contributed by atoms with E-state index in [1.807, 2.05) is 32.0 Å². The summed E-state index contributed by atoms with van der Waals surface area (Å²) in [5, 5.41) is 3.96. The summed E-state index contributed by atoms with van der Waals surface area (Å²) in [6, 6.07) is 9.66. The monoisotopic (exact) mass is 570 g/mol. The van der Waals surface area contributed by atoms with Crippen molar-refractivity contribution in [2.75, 3.05) is 13.2 Å². The summed E-state index contributed by atoms with van der Waals surface area (Å²) < 4.78 is 35.7. The topological polar surface area (TPSA) is 107 Å². The predicted octanol–water partition coefficient (Wildman–Crippen LogP) is 5.56. The van der Waals surface area contributed by atoms with Gasteiger partial charge < -0.3 is 15.8 Å². The Kier molecular flexibility index (Phi) is 6.71. The smallest absolute Gasteiger partial charge is 0.251 e. The Labute approximate surface area is 242 Å². The van der Waals surface area contributed by atoms with Crippen molar-refractivity contribution < 1.29 is 23.1 Å². The van der Waals surface area contributed by atoms with E-state index in [1.165, 1.54) is 6.92 Å². The lowest BCUT2D eigenvalue weighted by molar-refractivity contribution is -0.123. The Morgan fingerprint density at radius 2 is 1.83 bits per heavy atom. The first-order valence-electron chi connectivity index (χ1n) is 14.1. The first-order chi connectivity index (χ1) is 20.0. The second kappa shape index (κ2) is 10.2. The minimum atomic E-state index is -1.17. The molecule has 1 aliphatic heterocycles. The van der Waals surface area contributed by atoms with Crippen molar-refractivity contribution in [2.24, 2.45) is 11.7 Å². The number of benzene rings is 2. The molecule has 2 amide bonds. The molecular formula is C33H32F2N4O3. The Bertz CT molecular complexity index is 1790. The maximum atomic E-state index is 15.2. The second-order valence-corrected chi connectivity index (χ2v) is 11.9. The van der Waals surface area contributed by atoms with E-state index in [1.54, 1.807) is 19.2 Å². The number of nitrogens with two attached hydrogens (primary N) is 1. The van der Waals surface area contributed by atoms with Gasteiger partial charge in [0.2, 0.25) is 5.91 Å². The van der Waals surface area contributed by atoms with Gasteiger partial charge in [-0.1, -0.05) is 0 Å². The van der Waals surface area contributed by atoms with Crippen LogP contribution in [0, 0.1) is 38.3 Å². The van der Waals surface area contributed by atoms with Gasteiger partial charge in [0.1, 0.15) is 35.1 Å². The predicted molar refractivity (Wildman–Crippen MR) is 155 cm³/mol. The quantitative estimate of drug-likeness (QED) is 0.303. The Balaban J connectivity index is 1.39. The van der Waals surface area contributed by atoms with E-state index in [-0.39, 0.29) is 53.5 Å². The molecule has 0 unspecified atom stereocenters. The summed E-state index contributed by atoms with van der Waals surface area (Å²) >= 11 is 0. The Morgan fingerprint density at radius 1 is 1.07 bits per heavy atom. The molecule has 42 heavy (non-hydrogen) atoms. The van der Waals surface area contributed by atoms with Crippen LogP contribution < -0.4 is 15.8 Å². The molecule has 0 saturated heterocycles. The number of nitrogens with one attached hydrogen (secondary N) is 1. The van der Waals surface area contributed by atoms with Crippen molar-refractivity contribution in [1.82, 2.24) is 15.3 Å². The van der Waals surface area contributed by atoms with Crippen LogP contribution >= 0.6 is 0 Å². The first kappa shape index (κ1) is 27.8. The lowest BCUT2D eigenvalue weighted by atomic mass is 9.82. The minimum absolute atomic E-state index is 0.0355. The van der Waals surface area contributed by atoms with Crippen LogP contribution in [0.1, 0.15) is 64.0 Å². The summed E-state index contributed by atoms with van der Waals surface area (Å²) in [5.41, 5.74) is 9.19. The number of halogens is 2. The summed E-state index contributed by atoms with van der Waals surface area (Å²) in [5.74, 6) is -1.82. The van der Waals surface area contributed by atoms with Crippen LogP contribution in [0.25, 0.3) is 22.2 Å². The number of hydrogen-bond donors (Lipinski definition) is 2. The van der Waals surface area contributed by atoms with E-state index in [4.69, 9.17) is 15.5 Å². The first-order valence-corrected chi connectivity index (χ1v) is 14.1. The lowest BCUT2D eigenvalue weighted by Gasteiger charge is -2.22. The molecule has 7 nitrogen and oxygen atoms in total. The van der Waals surface area contributed by atoms with Gasteiger partial charge in [0.15, 0.2) is 0 Å². The SMILES string of the molecule is Cc1cnc2c(C)cc(C(=O)NC[C@H](c3cc4c(c(-c5cc(F)c(C)cc5F)n3)OC[C@]4(C)C(N)=O)C3CC3)cc2c1. The molecule has 6 rings (SSSR count). The molecule has 4 aromatic rings. The number of rotatable bonds is 7. The number of ether oxygens (including phenoxy) is 1. The van der Waals surface area contributed by atoms with Crippen molar-refractivity contribution >= 4 is 22.7 Å². The van der Waals surface area contributed by atoms with Crippen LogP contribution in [0.5, 0.6) is 5.75 Å². The van der Waals surface area contributed by atoms with Crippen molar-refractivity contribution in [2.45, 2.75) is 51.9 Å². The molecule has 3 heterocycles. The van der Waals surface area contributed by atoms with E-state index in [0.717, 1.165) is 47.0 Å². The second-order valence-electron chi connectivity index (χ2n) is 11.9. The van der Waals surface area contributed by atoms with E-state index in [0.29, 0.717) is 16.8 Å². The lowest BCUT2D eigenvalue weighted by Crippen LogP contribution is -2.40. The van der Waals surface area contributed by atoms with Crippen LogP contribution in [0.4, 0.5) is 8.78 Å². The molecule has 2 atom stereocenters. The molecule has 2 aromatic carbocycles. The van der Waals surface area contributed by atoms with Gasteiger partial charge in [-0.05, 0) is 99.5 Å². The van der Waals surface area contributed by atoms with Gasteiger partial charge >= 0.3 is 0 Å². The minimum Gasteiger partial charge on any atom is -0.489 e. The van der Waals surface area contributed by atoms with E-state index >= 15 is 4.39 Å². The molecule has 2 aliphatic rings. The van der Waals surface area contributed by atoms with Crippen LogP contribution in [0.2, 0.25) is 0 Å². The van der Waals surface area contributed by atoms with Gasteiger partial charge in [-0.3, -0.25) is 14.6 Å². The van der Waals surface area contributed by atoms with Crippen molar-refractivity contribution in [3.05, 3.63) is 87.7 Å². The highest BCUT2D eigenvalue weighted by atomic mass is 19.1. The highest BCUT2D eigenvalue weighted by Gasteiger charge is 2.45. The number of pyridine rings is 2. The molecular weight excluding hydrogens is 538 g/mol. The maximum Gasteiger partial charge on any atom is 0.251 e. The standard InChI is InChI=1S/C33H32F2N4O3/c1-16-7-20-10-21(8-18(3)28(20)37-13-16)31(40)38-14-23(19-5-6-19)27-12-24-30(42-15-33(24,4)32(36)41)29(39-27)22-11-25(34)17(2)9-26(22)35/h7-13,19,23H,5-6,14-15H2,1-4H3,(H2,36,41)(H,38,40)/t23-,33-/m0/s1. The summed E-state index contributed by atoms with van der Waals surface area (Å²) in [6.07, 6.45) is 3.68. The van der Waals surface area contributed by atoms with Gasteiger partial charge in [-0.2, -0.15) is 0 Å². The number of primary amides is 1. The molecule has 3 N–H and O–H groups in total. The van der Waals surface area contributed by atoms with Crippen LogP contribution in [0.3, 0.4) is 0 Å². The third-order valence-corrected chi connectivity index (χ3v) is 8.57. The molecule has 1 saturated carbocycles. The fourth-order valence-electron chi connectivity index (χ4n) is 5.80. The van der Waals surface area contributed by atoms with E-state index in [2.05, 4.69) is 10.3 Å². The number of nitrogens with zero attached hydrogens (tertiary/aromatic N) is 2. The molecule has 9 heteroatoms. The zero-order valence-electron chi connectivity index (χ0n) is 24.0. The molecule has 0 bridgehead atoms. The summed E-state index contributed by atoms with van der Waals surface area (Å²) in [7, 11) is 0. The zero-order valence-corrected chi connectivity index (χ0v) is 24.0. The summed E-state index contributed by atoms with van der Waals surface area (Å²) in [4.78, 5) is 35.2. The van der Waals surface area contributed by atoms with Crippen molar-refractivity contribution in [3.63, 3.8) is 0 Å². The number of aromatic nitrogens is 2. The fourth-order valence-corrected chi connectivity index (χ4v) is 5.80. The molecule has 216 valence electrons. The molecule has 2 aromatic heterocycles. The Morgan fingerprint density at radius 3 is 2.55 bits per heavy atom. The number of aryl methyl sites for hydroxylation is 3. The van der Waals surface area contributed by atoms with Crippen LogP contribution in [0.15, 0.2) is 42.6 Å². The number of carbonyl (C=O) groups excluding carboxylic acids is 2. The van der Waals surface area contributed by atoms with Crippen LogP contribution in [-0.4, -0.2) is 34.9 Å². The number of amides is 2. The van der Waals surface area contributed by atoms with Gasteiger partial charge in [0, 0.05) is 46.4 Å². The number of carbonyl (C=O) groups is 2. The average Bonchev–Trinajstić information content (AvgIpc) is 3.72. The third-order valence-electron chi connectivity index (χ3n) is 8.57. The highest BCUT2D eigenvalue weighted by molar-refractivity contribution is 5.99. The number of hydrogen-bond acceptors (Lipinski definition) is 5. The number of fused-ring (bicyclic) bond motifs is 2. The van der Waals surface area contributed by atoms with E-state index in [9.17, 15) is 14.0 Å². The van der Waals surface area contributed by atoms with Crippen molar-refractivity contribution in [1.29, 1.82) is 0 Å². The van der Waals surface area contributed by atoms with Crippen molar-refractivity contribution in [3.8, 4) is 17.0 Å². The van der Waals surface area contributed by atoms with Crippen LogP contribution in [-0.2, 0) is 10.2 Å². The van der Waals surface area contributed by atoms with Gasteiger partial charge in [0.05, 0.1) is 5.52 Å². The Hall–Kier alpha value is -4.40.